The summed E-state index contributed by atoms with van der Waals surface area (Å²) in [6.45, 7) is 3.89. The number of alkyl halides is 2. The van der Waals surface area contributed by atoms with Crippen LogP contribution in [0, 0.1) is 11.8 Å². The van der Waals surface area contributed by atoms with Gasteiger partial charge in [-0.2, -0.15) is 0 Å². The fraction of sp³-hybridized carbons (Fsp3) is 1.00. The largest absolute Gasteiger partial charge is 0.316 e. The van der Waals surface area contributed by atoms with Crippen LogP contribution in [-0.2, 0) is 0 Å². The maximum Gasteiger partial charge on any atom is 0.241 e. The van der Waals surface area contributed by atoms with Crippen LogP contribution in [0.5, 0.6) is 0 Å². The van der Waals surface area contributed by atoms with Crippen molar-refractivity contribution >= 4 is 0 Å². The van der Waals surface area contributed by atoms with E-state index in [1.807, 2.05) is 0 Å². The summed E-state index contributed by atoms with van der Waals surface area (Å²) in [5, 5.41) is 3.20. The van der Waals surface area contributed by atoms with Gasteiger partial charge in [-0.05, 0) is 31.8 Å². The highest BCUT2D eigenvalue weighted by Crippen LogP contribution is 2.42. The first-order valence-corrected chi connectivity index (χ1v) is 4.74. The highest BCUT2D eigenvalue weighted by Gasteiger charge is 2.43. The first-order valence-electron chi connectivity index (χ1n) is 4.74. The van der Waals surface area contributed by atoms with E-state index >= 15 is 0 Å². The lowest BCUT2D eigenvalue weighted by atomic mass is 10.3. The third-order valence-corrected chi connectivity index (χ3v) is 2.41. The SMILES string of the molecule is CCCCNCC1CC1C(F)F. The van der Waals surface area contributed by atoms with E-state index in [9.17, 15) is 8.78 Å². The van der Waals surface area contributed by atoms with Crippen molar-refractivity contribution in [3.63, 3.8) is 0 Å². The van der Waals surface area contributed by atoms with E-state index in [0.29, 0.717) is 0 Å². The summed E-state index contributed by atoms with van der Waals surface area (Å²) in [4.78, 5) is 0. The molecule has 1 aliphatic rings. The molecule has 0 aromatic heterocycles. The fourth-order valence-corrected chi connectivity index (χ4v) is 1.40. The van der Waals surface area contributed by atoms with Gasteiger partial charge in [0.25, 0.3) is 0 Å². The second kappa shape index (κ2) is 4.75. The van der Waals surface area contributed by atoms with E-state index in [1.54, 1.807) is 0 Å². The van der Waals surface area contributed by atoms with Crippen molar-refractivity contribution in [1.82, 2.24) is 5.32 Å². The van der Waals surface area contributed by atoms with Crippen LogP contribution in [0.1, 0.15) is 26.2 Å². The lowest BCUT2D eigenvalue weighted by Gasteiger charge is -2.02. The summed E-state index contributed by atoms with van der Waals surface area (Å²) in [5.41, 5.74) is 0. The molecular weight excluding hydrogens is 160 g/mol. The molecule has 1 N–H and O–H groups in total. The first kappa shape index (κ1) is 9.90. The third-order valence-electron chi connectivity index (χ3n) is 2.41. The van der Waals surface area contributed by atoms with Crippen molar-refractivity contribution < 1.29 is 8.78 Å². The topological polar surface area (TPSA) is 12.0 Å². The Morgan fingerprint density at radius 1 is 1.50 bits per heavy atom. The van der Waals surface area contributed by atoms with Crippen LogP contribution in [0.25, 0.3) is 0 Å². The van der Waals surface area contributed by atoms with E-state index in [-0.39, 0.29) is 11.8 Å². The minimum atomic E-state index is -2.09. The van der Waals surface area contributed by atoms with Gasteiger partial charge in [-0.3, -0.25) is 0 Å². The standard InChI is InChI=1S/C9H17F2N/c1-2-3-4-12-6-7-5-8(7)9(10)11/h7-9,12H,2-6H2,1H3. The fourth-order valence-electron chi connectivity index (χ4n) is 1.40. The zero-order chi connectivity index (χ0) is 8.97. The average molecular weight is 177 g/mol. The molecule has 0 aliphatic heterocycles. The predicted octanol–water partition coefficient (Wildman–Crippen LogP) is 2.28. The van der Waals surface area contributed by atoms with Crippen LogP contribution in [0.2, 0.25) is 0 Å². The van der Waals surface area contributed by atoms with Crippen molar-refractivity contribution in [2.75, 3.05) is 13.1 Å². The summed E-state index contributed by atoms with van der Waals surface area (Å²) in [5.74, 6) is -0.0546. The monoisotopic (exact) mass is 177 g/mol. The predicted molar refractivity (Wildman–Crippen MR) is 45.4 cm³/mol. The summed E-state index contributed by atoms with van der Waals surface area (Å²) in [6, 6.07) is 0. The van der Waals surface area contributed by atoms with Crippen LogP contribution in [0.4, 0.5) is 8.78 Å². The van der Waals surface area contributed by atoms with Gasteiger partial charge in [0.1, 0.15) is 0 Å². The molecule has 1 nitrogen and oxygen atoms in total. The molecule has 2 unspecified atom stereocenters. The maximum absolute atomic E-state index is 12.0. The molecule has 3 heteroatoms. The van der Waals surface area contributed by atoms with Gasteiger partial charge < -0.3 is 5.32 Å². The molecule has 0 aromatic rings. The molecule has 0 amide bonds. The molecule has 1 aliphatic carbocycles. The Bertz CT molecular complexity index is 128. The van der Waals surface area contributed by atoms with Crippen LogP contribution < -0.4 is 5.32 Å². The number of nitrogens with one attached hydrogen (secondary N) is 1. The minimum Gasteiger partial charge on any atom is -0.316 e. The second-order valence-electron chi connectivity index (χ2n) is 3.55. The van der Waals surface area contributed by atoms with E-state index in [4.69, 9.17) is 0 Å². The van der Waals surface area contributed by atoms with Gasteiger partial charge in [-0.25, -0.2) is 8.78 Å². The Hall–Kier alpha value is -0.180. The van der Waals surface area contributed by atoms with Gasteiger partial charge in [0.2, 0.25) is 6.43 Å². The van der Waals surface area contributed by atoms with E-state index in [2.05, 4.69) is 12.2 Å². The highest BCUT2D eigenvalue weighted by atomic mass is 19.3. The van der Waals surface area contributed by atoms with Gasteiger partial charge in [0, 0.05) is 5.92 Å². The Morgan fingerprint density at radius 3 is 2.75 bits per heavy atom. The lowest BCUT2D eigenvalue weighted by Crippen LogP contribution is -2.19. The number of hydrogen-bond donors (Lipinski definition) is 1. The Kier molecular flexibility index (Phi) is 3.92. The number of rotatable bonds is 6. The van der Waals surface area contributed by atoms with Crippen molar-refractivity contribution in [3.8, 4) is 0 Å². The Morgan fingerprint density at radius 2 is 2.25 bits per heavy atom. The van der Waals surface area contributed by atoms with E-state index < -0.39 is 6.43 Å². The van der Waals surface area contributed by atoms with Crippen molar-refractivity contribution in [1.29, 1.82) is 0 Å². The lowest BCUT2D eigenvalue weighted by molar-refractivity contribution is 0.116. The van der Waals surface area contributed by atoms with E-state index in [0.717, 1.165) is 32.4 Å². The van der Waals surface area contributed by atoms with Gasteiger partial charge >= 0.3 is 0 Å². The minimum absolute atomic E-state index is 0.252. The molecule has 0 spiro atoms. The number of halogens is 2. The van der Waals surface area contributed by atoms with Crippen molar-refractivity contribution in [3.05, 3.63) is 0 Å². The van der Waals surface area contributed by atoms with Gasteiger partial charge in [-0.1, -0.05) is 13.3 Å². The molecule has 12 heavy (non-hydrogen) atoms. The molecule has 0 bridgehead atoms. The van der Waals surface area contributed by atoms with Gasteiger partial charge in [-0.15, -0.1) is 0 Å². The molecule has 1 rings (SSSR count). The normalized spacial score (nSPS) is 28.0. The molecule has 0 aromatic carbocycles. The summed E-state index contributed by atoms with van der Waals surface area (Å²) in [6.07, 6.45) is 0.932. The molecule has 72 valence electrons. The van der Waals surface area contributed by atoms with Crippen LogP contribution >= 0.6 is 0 Å². The molecular formula is C9H17F2N. The van der Waals surface area contributed by atoms with Crippen molar-refractivity contribution in [2.24, 2.45) is 11.8 Å². The second-order valence-corrected chi connectivity index (χ2v) is 3.55. The molecule has 2 atom stereocenters. The Balaban J connectivity index is 1.90. The summed E-state index contributed by atoms with van der Waals surface area (Å²) >= 11 is 0. The van der Waals surface area contributed by atoms with Crippen LogP contribution in [0.15, 0.2) is 0 Å². The number of hydrogen-bond acceptors (Lipinski definition) is 1. The molecule has 1 fully saturated rings. The van der Waals surface area contributed by atoms with E-state index in [1.165, 1.54) is 0 Å². The van der Waals surface area contributed by atoms with Crippen molar-refractivity contribution in [2.45, 2.75) is 32.6 Å². The third kappa shape index (κ3) is 3.05. The Labute approximate surface area is 72.5 Å². The molecule has 0 saturated heterocycles. The zero-order valence-corrected chi connectivity index (χ0v) is 7.52. The maximum atomic E-state index is 12.0. The van der Waals surface area contributed by atoms with Crippen LogP contribution in [-0.4, -0.2) is 19.5 Å². The zero-order valence-electron chi connectivity index (χ0n) is 7.52. The van der Waals surface area contributed by atoms with Gasteiger partial charge in [0.05, 0.1) is 0 Å². The number of unbranched alkanes of at least 4 members (excludes halogenated alkanes) is 1. The highest BCUT2D eigenvalue weighted by molar-refractivity contribution is 4.89. The molecule has 0 radical (unpaired) electrons. The van der Waals surface area contributed by atoms with Gasteiger partial charge in [0.15, 0.2) is 0 Å². The average Bonchev–Trinajstić information content (AvgIpc) is 2.77. The molecule has 0 heterocycles. The smallest absolute Gasteiger partial charge is 0.241 e. The van der Waals surface area contributed by atoms with Crippen LogP contribution in [0.3, 0.4) is 0 Å². The summed E-state index contributed by atoms with van der Waals surface area (Å²) in [7, 11) is 0. The quantitative estimate of drug-likeness (QED) is 0.614. The molecule has 1 saturated carbocycles. The summed E-state index contributed by atoms with van der Waals surface area (Å²) < 4.78 is 24.0. The first-order chi connectivity index (χ1) is 5.75.